The molecule has 1 aromatic carbocycles. The lowest BCUT2D eigenvalue weighted by atomic mass is 10.1. The number of hydrogen-bond acceptors (Lipinski definition) is 6. The number of carbonyl (C=O) groups excluding carboxylic acids is 4. The molecule has 2 atom stereocenters. The van der Waals surface area contributed by atoms with Gasteiger partial charge < -0.3 is 25.0 Å². The fraction of sp³-hybridized carbons (Fsp3) is 0.545. The van der Waals surface area contributed by atoms with Crippen LogP contribution in [0.4, 0.5) is 4.79 Å². The van der Waals surface area contributed by atoms with Gasteiger partial charge in [0.15, 0.2) is 0 Å². The van der Waals surface area contributed by atoms with E-state index in [0.29, 0.717) is 19.4 Å². The molecule has 3 amide bonds. The average Bonchev–Trinajstić information content (AvgIpc) is 3.20. The number of carbonyl (C=O) groups is 4. The van der Waals surface area contributed by atoms with Crippen LogP contribution in [0.1, 0.15) is 39.2 Å². The zero-order valence-corrected chi connectivity index (χ0v) is 18.5. The molecular formula is C22H31N3O6. The molecule has 1 aromatic rings. The number of hydrogen-bond donors (Lipinski definition) is 2. The smallest absolute Gasteiger partial charge is 0.408 e. The number of methoxy groups -OCH3 is 1. The van der Waals surface area contributed by atoms with Crippen LogP contribution >= 0.6 is 0 Å². The van der Waals surface area contributed by atoms with Crippen molar-refractivity contribution in [2.24, 2.45) is 0 Å². The van der Waals surface area contributed by atoms with Crippen LogP contribution < -0.4 is 10.6 Å². The molecule has 31 heavy (non-hydrogen) atoms. The molecule has 0 aromatic heterocycles. The lowest BCUT2D eigenvalue weighted by Crippen LogP contribution is -2.53. The third-order valence-corrected chi connectivity index (χ3v) is 4.74. The molecule has 0 radical (unpaired) electrons. The Kier molecular flexibility index (Phi) is 8.41. The Bertz CT molecular complexity index is 790. The number of nitrogens with one attached hydrogen (secondary N) is 2. The Morgan fingerprint density at radius 2 is 1.84 bits per heavy atom. The minimum Gasteiger partial charge on any atom is -0.467 e. The van der Waals surface area contributed by atoms with E-state index in [4.69, 9.17) is 9.47 Å². The van der Waals surface area contributed by atoms with Crippen LogP contribution in [-0.2, 0) is 30.3 Å². The fourth-order valence-corrected chi connectivity index (χ4v) is 3.35. The molecule has 1 heterocycles. The van der Waals surface area contributed by atoms with E-state index in [-0.39, 0.29) is 18.9 Å². The summed E-state index contributed by atoms with van der Waals surface area (Å²) in [4.78, 5) is 50.9. The molecule has 1 aliphatic rings. The minimum absolute atomic E-state index is 0.275. The summed E-state index contributed by atoms with van der Waals surface area (Å²) in [6.45, 7) is 5.30. The van der Waals surface area contributed by atoms with Crippen LogP contribution in [0.2, 0.25) is 0 Å². The van der Waals surface area contributed by atoms with Gasteiger partial charge >= 0.3 is 12.1 Å². The van der Waals surface area contributed by atoms with Crippen molar-refractivity contribution in [2.75, 3.05) is 20.2 Å². The normalized spacial score (nSPS) is 16.9. The van der Waals surface area contributed by atoms with Gasteiger partial charge in [0, 0.05) is 13.0 Å². The third kappa shape index (κ3) is 7.58. The van der Waals surface area contributed by atoms with Gasteiger partial charge in [-0.05, 0) is 39.2 Å². The molecule has 2 rings (SSSR count). The van der Waals surface area contributed by atoms with E-state index in [1.165, 1.54) is 12.0 Å². The Labute approximate surface area is 182 Å². The fourth-order valence-electron chi connectivity index (χ4n) is 3.35. The molecule has 9 heteroatoms. The van der Waals surface area contributed by atoms with E-state index >= 15 is 0 Å². The van der Waals surface area contributed by atoms with E-state index in [1.807, 2.05) is 30.3 Å². The number of likely N-dealkylation sites (tertiary alicyclic amines) is 1. The maximum atomic E-state index is 12.9. The molecule has 0 unspecified atom stereocenters. The number of esters is 1. The van der Waals surface area contributed by atoms with Crippen molar-refractivity contribution < 1.29 is 28.7 Å². The van der Waals surface area contributed by atoms with Crippen molar-refractivity contribution in [2.45, 2.75) is 57.7 Å². The van der Waals surface area contributed by atoms with Crippen LogP contribution in [0.15, 0.2) is 30.3 Å². The lowest BCUT2D eigenvalue weighted by molar-refractivity contribution is -0.146. The van der Waals surface area contributed by atoms with Gasteiger partial charge in [-0.1, -0.05) is 30.3 Å². The van der Waals surface area contributed by atoms with E-state index < -0.39 is 35.7 Å². The summed E-state index contributed by atoms with van der Waals surface area (Å²) in [6.07, 6.45) is 0.705. The summed E-state index contributed by atoms with van der Waals surface area (Å²) < 4.78 is 9.95. The van der Waals surface area contributed by atoms with Gasteiger partial charge in [0.25, 0.3) is 0 Å². The van der Waals surface area contributed by atoms with Gasteiger partial charge in [0.05, 0.1) is 7.11 Å². The Morgan fingerprint density at radius 1 is 1.16 bits per heavy atom. The highest BCUT2D eigenvalue weighted by atomic mass is 16.6. The van der Waals surface area contributed by atoms with Gasteiger partial charge in [-0.25, -0.2) is 9.59 Å². The SMILES string of the molecule is COC(=O)[C@H](Cc1ccccc1)NC(=O)[C@@H]1CCCN1C(=O)CNC(=O)OC(C)(C)C. The molecular weight excluding hydrogens is 402 g/mol. The highest BCUT2D eigenvalue weighted by Gasteiger charge is 2.36. The lowest BCUT2D eigenvalue weighted by Gasteiger charge is -2.26. The largest absolute Gasteiger partial charge is 0.467 e. The van der Waals surface area contributed by atoms with Crippen LogP contribution in [0.25, 0.3) is 0 Å². The molecule has 1 fully saturated rings. The second kappa shape index (κ2) is 10.8. The van der Waals surface area contributed by atoms with Crippen molar-refractivity contribution in [3.05, 3.63) is 35.9 Å². The first-order valence-corrected chi connectivity index (χ1v) is 10.3. The van der Waals surface area contributed by atoms with Crippen LogP contribution in [0, 0.1) is 0 Å². The van der Waals surface area contributed by atoms with Crippen molar-refractivity contribution in [1.82, 2.24) is 15.5 Å². The molecule has 0 spiro atoms. The number of ether oxygens (including phenoxy) is 2. The Hall–Kier alpha value is -3.10. The summed E-state index contributed by atoms with van der Waals surface area (Å²) in [5.74, 6) is -1.37. The minimum atomic E-state index is -0.864. The summed E-state index contributed by atoms with van der Waals surface area (Å²) in [6, 6.07) is 7.70. The number of benzene rings is 1. The molecule has 1 aliphatic heterocycles. The average molecular weight is 434 g/mol. The molecule has 170 valence electrons. The second-order valence-corrected chi connectivity index (χ2v) is 8.37. The number of amides is 3. The molecule has 2 N–H and O–H groups in total. The Morgan fingerprint density at radius 3 is 2.45 bits per heavy atom. The van der Waals surface area contributed by atoms with Gasteiger partial charge in [-0.15, -0.1) is 0 Å². The first kappa shape index (κ1) is 24.2. The monoisotopic (exact) mass is 433 g/mol. The van der Waals surface area contributed by atoms with Crippen molar-refractivity contribution in [3.63, 3.8) is 0 Å². The second-order valence-electron chi connectivity index (χ2n) is 8.37. The standard InChI is InChI=1S/C22H31N3O6/c1-22(2,3)31-21(29)23-14-18(26)25-12-8-11-17(25)19(27)24-16(20(28)30-4)13-15-9-6-5-7-10-15/h5-7,9-10,16-17H,8,11-14H2,1-4H3,(H,23,29)(H,24,27)/t16-,17-/m0/s1. The summed E-state index contributed by atoms with van der Waals surface area (Å²) in [5.41, 5.74) is 0.198. The molecule has 9 nitrogen and oxygen atoms in total. The molecule has 0 saturated carbocycles. The van der Waals surface area contributed by atoms with Crippen molar-refractivity contribution >= 4 is 23.9 Å². The van der Waals surface area contributed by atoms with Crippen molar-refractivity contribution in [1.29, 1.82) is 0 Å². The summed E-state index contributed by atoms with van der Waals surface area (Å²) >= 11 is 0. The predicted octanol–water partition coefficient (Wildman–Crippen LogP) is 1.40. The van der Waals surface area contributed by atoms with E-state index in [0.717, 1.165) is 5.56 Å². The first-order chi connectivity index (χ1) is 14.6. The van der Waals surface area contributed by atoms with Crippen molar-refractivity contribution in [3.8, 4) is 0 Å². The first-order valence-electron chi connectivity index (χ1n) is 10.3. The summed E-state index contributed by atoms with van der Waals surface area (Å²) in [7, 11) is 1.26. The Balaban J connectivity index is 1.97. The van der Waals surface area contributed by atoms with Crippen LogP contribution in [-0.4, -0.2) is 66.7 Å². The molecule has 0 aliphatic carbocycles. The van der Waals surface area contributed by atoms with Crippen LogP contribution in [0.5, 0.6) is 0 Å². The predicted molar refractivity (Wildman–Crippen MR) is 113 cm³/mol. The van der Waals surface area contributed by atoms with Gasteiger partial charge in [-0.3, -0.25) is 9.59 Å². The van der Waals surface area contributed by atoms with Gasteiger partial charge in [0.2, 0.25) is 11.8 Å². The number of nitrogens with zero attached hydrogens (tertiary/aromatic N) is 1. The van der Waals surface area contributed by atoms with Gasteiger partial charge in [-0.2, -0.15) is 0 Å². The quantitative estimate of drug-likeness (QED) is 0.629. The maximum absolute atomic E-state index is 12.9. The topological polar surface area (TPSA) is 114 Å². The highest BCUT2D eigenvalue weighted by Crippen LogP contribution is 2.18. The van der Waals surface area contributed by atoms with Gasteiger partial charge in [0.1, 0.15) is 24.2 Å². The molecule has 0 bridgehead atoms. The zero-order chi connectivity index (χ0) is 23.0. The number of rotatable bonds is 7. The maximum Gasteiger partial charge on any atom is 0.408 e. The highest BCUT2D eigenvalue weighted by molar-refractivity contribution is 5.92. The van der Waals surface area contributed by atoms with E-state index in [9.17, 15) is 19.2 Å². The van der Waals surface area contributed by atoms with E-state index in [1.54, 1.807) is 20.8 Å². The summed E-state index contributed by atoms with van der Waals surface area (Å²) in [5, 5.41) is 5.14. The van der Waals surface area contributed by atoms with E-state index in [2.05, 4.69) is 10.6 Å². The number of alkyl carbamates (subject to hydrolysis) is 1. The van der Waals surface area contributed by atoms with Crippen LogP contribution in [0.3, 0.4) is 0 Å². The zero-order valence-electron chi connectivity index (χ0n) is 18.5. The molecule has 1 saturated heterocycles. The third-order valence-electron chi connectivity index (χ3n) is 4.74.